The Labute approximate surface area is 215 Å². The van der Waals surface area contributed by atoms with E-state index in [1.54, 1.807) is 35.8 Å². The maximum absolute atomic E-state index is 13.7. The highest BCUT2D eigenvalue weighted by Crippen LogP contribution is 2.39. The number of furan rings is 1. The summed E-state index contributed by atoms with van der Waals surface area (Å²) >= 11 is 0. The van der Waals surface area contributed by atoms with Gasteiger partial charge in [-0.1, -0.05) is 6.92 Å². The van der Waals surface area contributed by atoms with E-state index < -0.39 is 6.09 Å². The number of nitrogens with one attached hydrogen (secondary N) is 1. The second-order valence-corrected chi connectivity index (χ2v) is 9.30. The number of carbonyl (C=O) groups excluding carboxylic acids is 2. The van der Waals surface area contributed by atoms with E-state index in [0.29, 0.717) is 48.3 Å². The molecule has 0 bridgehead atoms. The summed E-state index contributed by atoms with van der Waals surface area (Å²) in [6.07, 6.45) is 6.56. The quantitative estimate of drug-likeness (QED) is 0.479. The van der Waals surface area contributed by atoms with Crippen molar-refractivity contribution < 1.29 is 23.5 Å². The molecule has 2 aliphatic rings. The lowest BCUT2D eigenvalue weighted by atomic mass is 9.99. The fourth-order valence-corrected chi connectivity index (χ4v) is 4.88. The van der Waals surface area contributed by atoms with Crippen LogP contribution in [-0.4, -0.2) is 70.6 Å². The van der Waals surface area contributed by atoms with E-state index in [9.17, 15) is 9.59 Å². The van der Waals surface area contributed by atoms with E-state index in [0.717, 1.165) is 17.7 Å². The van der Waals surface area contributed by atoms with Gasteiger partial charge < -0.3 is 18.9 Å². The molecular formula is C26H32N6O5. The summed E-state index contributed by atoms with van der Waals surface area (Å²) in [5.74, 6) is -0.339. The molecule has 1 amide bonds. The first-order chi connectivity index (χ1) is 17.9. The van der Waals surface area contributed by atoms with Crippen molar-refractivity contribution in [2.24, 2.45) is 7.05 Å². The summed E-state index contributed by atoms with van der Waals surface area (Å²) in [6, 6.07) is 3.40. The average Bonchev–Trinajstić information content (AvgIpc) is 3.62. The number of aryl methyl sites for hydroxylation is 1. The topological polar surface area (TPSA) is 115 Å². The van der Waals surface area contributed by atoms with E-state index in [-0.39, 0.29) is 30.3 Å². The summed E-state index contributed by atoms with van der Waals surface area (Å²) < 4.78 is 19.1. The van der Waals surface area contributed by atoms with Crippen LogP contribution in [0.4, 0.5) is 10.5 Å². The number of nitrogens with zero attached hydrogens (tertiary/aromatic N) is 5. The van der Waals surface area contributed by atoms with Crippen LogP contribution in [0.2, 0.25) is 0 Å². The fourth-order valence-electron chi connectivity index (χ4n) is 4.88. The lowest BCUT2D eigenvalue weighted by Crippen LogP contribution is -2.46. The maximum Gasteiger partial charge on any atom is 0.414 e. The van der Waals surface area contributed by atoms with E-state index in [1.165, 1.54) is 6.20 Å². The molecule has 0 saturated carbocycles. The number of hydrazine groups is 1. The molecule has 0 unspecified atom stereocenters. The number of rotatable bonds is 7. The molecular weight excluding hydrogens is 476 g/mol. The first-order valence-corrected chi connectivity index (χ1v) is 12.6. The molecule has 1 fully saturated rings. The van der Waals surface area contributed by atoms with Crippen molar-refractivity contribution in [1.29, 1.82) is 0 Å². The van der Waals surface area contributed by atoms with Crippen molar-refractivity contribution >= 4 is 34.2 Å². The minimum atomic E-state index is -0.541. The lowest BCUT2D eigenvalue weighted by molar-refractivity contribution is 0.00467. The van der Waals surface area contributed by atoms with Crippen LogP contribution >= 0.6 is 0 Å². The van der Waals surface area contributed by atoms with Crippen LogP contribution in [0.15, 0.2) is 35.1 Å². The molecule has 3 aromatic heterocycles. The molecule has 196 valence electrons. The average molecular weight is 509 g/mol. The Morgan fingerprint density at radius 1 is 1.27 bits per heavy atom. The van der Waals surface area contributed by atoms with E-state index in [2.05, 4.69) is 17.4 Å². The van der Waals surface area contributed by atoms with Gasteiger partial charge in [-0.15, -0.1) is 0 Å². The number of carbonyl (C=O) groups is 2. The summed E-state index contributed by atoms with van der Waals surface area (Å²) in [5.41, 5.74) is 6.46. The third-order valence-corrected chi connectivity index (χ3v) is 6.75. The van der Waals surface area contributed by atoms with Crippen molar-refractivity contribution in [2.45, 2.75) is 45.3 Å². The van der Waals surface area contributed by atoms with Crippen molar-refractivity contribution in [3.8, 4) is 0 Å². The Kier molecular flexibility index (Phi) is 6.98. The van der Waals surface area contributed by atoms with E-state index in [1.807, 2.05) is 24.3 Å². The summed E-state index contributed by atoms with van der Waals surface area (Å²) in [6.45, 7) is 5.13. The third kappa shape index (κ3) is 4.84. The van der Waals surface area contributed by atoms with Gasteiger partial charge in [0.2, 0.25) is 11.5 Å². The maximum atomic E-state index is 13.7. The highest BCUT2D eigenvalue weighted by Gasteiger charge is 2.38. The van der Waals surface area contributed by atoms with E-state index >= 15 is 0 Å². The zero-order chi connectivity index (χ0) is 26.1. The second-order valence-electron chi connectivity index (χ2n) is 9.30. The van der Waals surface area contributed by atoms with Crippen LogP contribution in [-0.2, 0) is 16.5 Å². The highest BCUT2D eigenvalue weighted by molar-refractivity contribution is 6.16. The number of amides is 1. The molecule has 5 heterocycles. The van der Waals surface area contributed by atoms with Crippen LogP contribution in [0, 0.1) is 0 Å². The highest BCUT2D eigenvalue weighted by atomic mass is 16.6. The van der Waals surface area contributed by atoms with Gasteiger partial charge in [-0.25, -0.2) is 15.2 Å². The Hall–Kier alpha value is -3.70. The van der Waals surface area contributed by atoms with Gasteiger partial charge in [0, 0.05) is 51.3 Å². The molecule has 2 atom stereocenters. The Morgan fingerprint density at radius 2 is 2.11 bits per heavy atom. The number of pyridine rings is 1. The first-order valence-electron chi connectivity index (χ1n) is 12.6. The summed E-state index contributed by atoms with van der Waals surface area (Å²) in [4.78, 5) is 33.7. The first kappa shape index (κ1) is 25.0. The SMILES string of the molecule is CCOC(=O)N(c1c(C(=O)c2cnn(C)c2)oc2ccc(C3=CN(C)NC3)nc12)[C@H]1CCO[C@@H](CC)C1. The minimum absolute atomic E-state index is 0.0000858. The molecule has 1 N–H and O–H groups in total. The van der Waals surface area contributed by atoms with Gasteiger partial charge in [0.05, 0.1) is 30.2 Å². The molecule has 5 rings (SSSR count). The van der Waals surface area contributed by atoms with Gasteiger partial charge in [0.25, 0.3) is 0 Å². The number of aromatic nitrogens is 3. The van der Waals surface area contributed by atoms with Gasteiger partial charge in [0.1, 0.15) is 11.2 Å². The molecule has 0 spiro atoms. The Balaban J connectivity index is 1.70. The standard InChI is InChI=1S/C26H32N6O5/c1-5-19-11-18(9-10-36-19)32(26(34)35-6-2)23-22-21(8-7-20(29-22)16-12-27-30(3)14-16)37-25(23)24(33)17-13-28-31(4)15-17/h7-8,13-15,18-19,27H,5-6,9-12H2,1-4H3/t18-,19-/m0/s1. The van der Waals surface area contributed by atoms with E-state index in [4.69, 9.17) is 18.9 Å². The fraction of sp³-hybridized carbons (Fsp3) is 0.462. The van der Waals surface area contributed by atoms with Crippen LogP contribution in [0.25, 0.3) is 16.7 Å². The summed E-state index contributed by atoms with van der Waals surface area (Å²) in [7, 11) is 3.65. The van der Waals surface area contributed by atoms with Crippen molar-refractivity contribution in [3.05, 3.63) is 47.7 Å². The lowest BCUT2D eigenvalue weighted by Gasteiger charge is -2.36. The normalized spacial score (nSPS) is 19.8. The van der Waals surface area contributed by atoms with Gasteiger partial charge >= 0.3 is 6.09 Å². The number of fused-ring (bicyclic) bond motifs is 1. The van der Waals surface area contributed by atoms with Gasteiger partial charge in [0.15, 0.2) is 5.58 Å². The third-order valence-electron chi connectivity index (χ3n) is 6.75. The molecule has 2 aliphatic heterocycles. The van der Waals surface area contributed by atoms with Crippen LogP contribution < -0.4 is 10.3 Å². The monoisotopic (exact) mass is 508 g/mol. The molecule has 11 nitrogen and oxygen atoms in total. The van der Waals surface area contributed by atoms with Crippen LogP contribution in [0.1, 0.15) is 54.9 Å². The number of hydrogen-bond donors (Lipinski definition) is 1. The number of ether oxygens (including phenoxy) is 2. The molecule has 3 aromatic rings. The Morgan fingerprint density at radius 3 is 2.78 bits per heavy atom. The van der Waals surface area contributed by atoms with Crippen molar-refractivity contribution in [3.63, 3.8) is 0 Å². The second kappa shape index (κ2) is 10.3. The van der Waals surface area contributed by atoms with Crippen LogP contribution in [0.5, 0.6) is 0 Å². The predicted molar refractivity (Wildman–Crippen MR) is 137 cm³/mol. The van der Waals surface area contributed by atoms with Crippen molar-refractivity contribution in [1.82, 2.24) is 25.2 Å². The number of ketones is 1. The number of hydrogen-bond acceptors (Lipinski definition) is 9. The Bertz CT molecular complexity index is 1340. The van der Waals surface area contributed by atoms with Gasteiger partial charge in [-0.3, -0.25) is 14.4 Å². The van der Waals surface area contributed by atoms with Gasteiger partial charge in [-0.2, -0.15) is 5.10 Å². The smallest absolute Gasteiger partial charge is 0.414 e. The van der Waals surface area contributed by atoms with Crippen LogP contribution in [0.3, 0.4) is 0 Å². The molecule has 0 radical (unpaired) electrons. The molecule has 0 aromatic carbocycles. The number of anilines is 1. The predicted octanol–water partition coefficient (Wildman–Crippen LogP) is 3.50. The molecule has 0 aliphatic carbocycles. The largest absolute Gasteiger partial charge is 0.449 e. The minimum Gasteiger partial charge on any atom is -0.449 e. The molecule has 1 saturated heterocycles. The zero-order valence-corrected chi connectivity index (χ0v) is 21.6. The zero-order valence-electron chi connectivity index (χ0n) is 21.6. The molecule has 11 heteroatoms. The van der Waals surface area contributed by atoms with Crippen molar-refractivity contribution in [2.75, 3.05) is 31.7 Å². The molecule has 37 heavy (non-hydrogen) atoms. The van der Waals surface area contributed by atoms with Gasteiger partial charge in [-0.05, 0) is 38.3 Å². The summed E-state index contributed by atoms with van der Waals surface area (Å²) in [5, 5.41) is 6.01.